The van der Waals surface area contributed by atoms with Crippen molar-refractivity contribution in [1.29, 1.82) is 0 Å². The van der Waals surface area contributed by atoms with E-state index in [1.165, 1.54) is 38.8 Å². The minimum atomic E-state index is 0.137. The van der Waals surface area contributed by atoms with Crippen LogP contribution >= 0.6 is 0 Å². The Labute approximate surface area is 117 Å². The first-order valence-corrected chi connectivity index (χ1v) is 7.87. The first-order chi connectivity index (χ1) is 9.19. The lowest BCUT2D eigenvalue weighted by Crippen LogP contribution is -2.47. The summed E-state index contributed by atoms with van der Waals surface area (Å²) in [7, 11) is 1.81. The molecule has 1 saturated carbocycles. The number of carbonyl (C=O) groups is 1. The van der Waals surface area contributed by atoms with Crippen LogP contribution in [0.15, 0.2) is 0 Å². The zero-order valence-corrected chi connectivity index (χ0v) is 12.5. The van der Waals surface area contributed by atoms with Crippen LogP contribution in [0.1, 0.15) is 45.4 Å². The lowest BCUT2D eigenvalue weighted by molar-refractivity contribution is -0.121. The lowest BCUT2D eigenvalue weighted by Gasteiger charge is -2.40. The Morgan fingerprint density at radius 1 is 1.11 bits per heavy atom. The van der Waals surface area contributed by atoms with Crippen LogP contribution in [0.25, 0.3) is 0 Å². The van der Waals surface area contributed by atoms with Crippen molar-refractivity contribution in [2.75, 3.05) is 26.7 Å². The highest BCUT2D eigenvalue weighted by molar-refractivity contribution is 5.78. The van der Waals surface area contributed by atoms with E-state index in [9.17, 15) is 4.79 Å². The molecule has 110 valence electrons. The molecule has 1 amide bonds. The molecule has 0 bridgehead atoms. The molecule has 2 rings (SSSR count). The number of hydrogen-bond donors (Lipinski definition) is 2. The van der Waals surface area contributed by atoms with Gasteiger partial charge in [0.25, 0.3) is 0 Å². The minimum Gasteiger partial charge on any atom is -0.352 e. The second-order valence-corrected chi connectivity index (χ2v) is 6.32. The van der Waals surface area contributed by atoms with Crippen molar-refractivity contribution in [2.24, 2.45) is 5.92 Å². The second kappa shape index (κ2) is 7.25. The van der Waals surface area contributed by atoms with Crippen molar-refractivity contribution in [3.8, 4) is 0 Å². The standard InChI is InChI=1S/C15H29N3O/c1-12-7-9-18(10-8-12)14-5-3-13(4-6-14)17-15(19)11-16-2/h12-14,16H,3-11H2,1-2H3,(H,17,19). The van der Waals surface area contributed by atoms with E-state index in [2.05, 4.69) is 22.5 Å². The van der Waals surface area contributed by atoms with Crippen LogP contribution < -0.4 is 10.6 Å². The summed E-state index contributed by atoms with van der Waals surface area (Å²) in [5.74, 6) is 1.05. The molecule has 1 aliphatic heterocycles. The highest BCUT2D eigenvalue weighted by Crippen LogP contribution is 2.27. The monoisotopic (exact) mass is 267 g/mol. The van der Waals surface area contributed by atoms with Gasteiger partial charge in [0.2, 0.25) is 5.91 Å². The summed E-state index contributed by atoms with van der Waals surface area (Å²) in [6.07, 6.45) is 7.51. The number of likely N-dealkylation sites (N-methyl/N-ethyl adjacent to an activating group) is 1. The van der Waals surface area contributed by atoms with Crippen molar-refractivity contribution in [1.82, 2.24) is 15.5 Å². The third-order valence-electron chi connectivity index (χ3n) is 4.73. The number of amides is 1. The van der Waals surface area contributed by atoms with E-state index in [0.29, 0.717) is 12.6 Å². The first-order valence-electron chi connectivity index (χ1n) is 7.87. The Morgan fingerprint density at radius 3 is 2.32 bits per heavy atom. The van der Waals surface area contributed by atoms with Crippen molar-refractivity contribution in [3.63, 3.8) is 0 Å². The summed E-state index contributed by atoms with van der Waals surface area (Å²) in [5, 5.41) is 6.03. The Morgan fingerprint density at radius 2 is 1.74 bits per heavy atom. The molecule has 0 unspecified atom stereocenters. The molecule has 0 aromatic carbocycles. The fraction of sp³-hybridized carbons (Fsp3) is 0.933. The van der Waals surface area contributed by atoms with E-state index >= 15 is 0 Å². The van der Waals surface area contributed by atoms with Crippen LogP contribution in [-0.4, -0.2) is 49.6 Å². The SMILES string of the molecule is CNCC(=O)NC1CCC(N2CCC(C)CC2)CC1. The highest BCUT2D eigenvalue weighted by Gasteiger charge is 2.28. The summed E-state index contributed by atoms with van der Waals surface area (Å²) >= 11 is 0. The molecule has 0 aromatic rings. The zero-order valence-electron chi connectivity index (χ0n) is 12.5. The third-order valence-corrected chi connectivity index (χ3v) is 4.73. The molecule has 1 heterocycles. The van der Waals surface area contributed by atoms with E-state index in [4.69, 9.17) is 0 Å². The van der Waals surface area contributed by atoms with Gasteiger partial charge in [-0.25, -0.2) is 0 Å². The second-order valence-electron chi connectivity index (χ2n) is 6.32. The van der Waals surface area contributed by atoms with E-state index in [0.717, 1.165) is 24.8 Å². The van der Waals surface area contributed by atoms with Gasteiger partial charge in [-0.05, 0) is 64.6 Å². The number of nitrogens with zero attached hydrogens (tertiary/aromatic N) is 1. The average molecular weight is 267 g/mol. The van der Waals surface area contributed by atoms with Gasteiger partial charge in [-0.3, -0.25) is 4.79 Å². The fourth-order valence-corrected chi connectivity index (χ4v) is 3.42. The van der Waals surface area contributed by atoms with Crippen molar-refractivity contribution < 1.29 is 4.79 Å². The largest absolute Gasteiger partial charge is 0.352 e. The van der Waals surface area contributed by atoms with Gasteiger partial charge in [0.1, 0.15) is 0 Å². The van der Waals surface area contributed by atoms with Crippen LogP contribution in [0.4, 0.5) is 0 Å². The van der Waals surface area contributed by atoms with Crippen LogP contribution in [0.3, 0.4) is 0 Å². The van der Waals surface area contributed by atoms with E-state index < -0.39 is 0 Å². The number of piperidine rings is 1. The Kier molecular flexibility index (Phi) is 5.64. The summed E-state index contributed by atoms with van der Waals surface area (Å²) in [6, 6.07) is 1.17. The summed E-state index contributed by atoms with van der Waals surface area (Å²) in [5.41, 5.74) is 0. The molecule has 2 fully saturated rings. The molecule has 2 aliphatic rings. The Bertz CT molecular complexity index is 279. The summed E-state index contributed by atoms with van der Waals surface area (Å²) < 4.78 is 0. The van der Waals surface area contributed by atoms with Crippen molar-refractivity contribution >= 4 is 5.91 Å². The molecule has 4 heteroatoms. The maximum absolute atomic E-state index is 11.5. The number of hydrogen-bond acceptors (Lipinski definition) is 3. The maximum Gasteiger partial charge on any atom is 0.234 e. The Hall–Kier alpha value is -0.610. The van der Waals surface area contributed by atoms with Gasteiger partial charge < -0.3 is 15.5 Å². The third kappa shape index (κ3) is 4.46. The first kappa shape index (κ1) is 14.8. The van der Waals surface area contributed by atoms with Gasteiger partial charge in [0.05, 0.1) is 6.54 Å². The number of likely N-dealkylation sites (tertiary alicyclic amines) is 1. The average Bonchev–Trinajstić information content (AvgIpc) is 2.41. The summed E-state index contributed by atoms with van der Waals surface area (Å²) in [4.78, 5) is 14.2. The van der Waals surface area contributed by atoms with E-state index in [-0.39, 0.29) is 5.91 Å². The minimum absolute atomic E-state index is 0.137. The van der Waals surface area contributed by atoms with Crippen molar-refractivity contribution in [3.05, 3.63) is 0 Å². The molecule has 1 saturated heterocycles. The fourth-order valence-electron chi connectivity index (χ4n) is 3.42. The molecular formula is C15H29N3O. The van der Waals surface area contributed by atoms with Gasteiger partial charge in [-0.2, -0.15) is 0 Å². The lowest BCUT2D eigenvalue weighted by atomic mass is 9.88. The van der Waals surface area contributed by atoms with Crippen LogP contribution in [0, 0.1) is 5.92 Å². The predicted octanol–water partition coefficient (Wildman–Crippen LogP) is 1.37. The number of nitrogens with one attached hydrogen (secondary N) is 2. The van der Waals surface area contributed by atoms with E-state index in [1.54, 1.807) is 0 Å². The van der Waals surface area contributed by atoms with Gasteiger partial charge >= 0.3 is 0 Å². The van der Waals surface area contributed by atoms with Gasteiger partial charge in [0.15, 0.2) is 0 Å². The van der Waals surface area contributed by atoms with Gasteiger partial charge in [0, 0.05) is 12.1 Å². The van der Waals surface area contributed by atoms with Gasteiger partial charge in [-0.15, -0.1) is 0 Å². The maximum atomic E-state index is 11.5. The number of rotatable bonds is 4. The highest BCUT2D eigenvalue weighted by atomic mass is 16.1. The quantitative estimate of drug-likeness (QED) is 0.808. The number of carbonyl (C=O) groups excluding carboxylic acids is 1. The molecule has 0 radical (unpaired) electrons. The van der Waals surface area contributed by atoms with E-state index in [1.807, 2.05) is 7.05 Å². The molecule has 0 spiro atoms. The molecule has 0 aromatic heterocycles. The van der Waals surface area contributed by atoms with Crippen LogP contribution in [-0.2, 0) is 4.79 Å². The predicted molar refractivity (Wildman–Crippen MR) is 78.1 cm³/mol. The Balaban J connectivity index is 1.69. The molecule has 4 nitrogen and oxygen atoms in total. The topological polar surface area (TPSA) is 44.4 Å². The summed E-state index contributed by atoms with van der Waals surface area (Å²) in [6.45, 7) is 5.36. The zero-order chi connectivity index (χ0) is 13.7. The molecule has 0 atom stereocenters. The molecule has 1 aliphatic carbocycles. The molecular weight excluding hydrogens is 238 g/mol. The smallest absolute Gasteiger partial charge is 0.234 e. The molecule has 2 N–H and O–H groups in total. The van der Waals surface area contributed by atoms with Crippen LogP contribution in [0.2, 0.25) is 0 Å². The normalized spacial score (nSPS) is 30.2. The van der Waals surface area contributed by atoms with Crippen molar-refractivity contribution in [2.45, 2.75) is 57.5 Å². The van der Waals surface area contributed by atoms with Gasteiger partial charge in [-0.1, -0.05) is 6.92 Å². The van der Waals surface area contributed by atoms with Crippen LogP contribution in [0.5, 0.6) is 0 Å². The molecule has 19 heavy (non-hydrogen) atoms.